The molecule has 0 bridgehead atoms. The minimum Gasteiger partial charge on any atom is -0.465 e. The number of methoxy groups -OCH3 is 1. The number of hydrogen-bond acceptors (Lipinski definition) is 5. The zero-order chi connectivity index (χ0) is 21.6. The number of aryl methyl sites for hydroxylation is 1. The Morgan fingerprint density at radius 2 is 1.72 bits per heavy atom. The minimum atomic E-state index is -0.588. The van der Waals surface area contributed by atoms with E-state index in [0.29, 0.717) is 28.5 Å². The summed E-state index contributed by atoms with van der Waals surface area (Å²) in [6, 6.07) is 7.74. The molecule has 0 radical (unpaired) electrons. The Labute approximate surface area is 175 Å². The highest BCUT2D eigenvalue weighted by atomic mass is 32.1. The van der Waals surface area contributed by atoms with Gasteiger partial charge in [-0.05, 0) is 44.9 Å². The first-order chi connectivity index (χ1) is 13.8. The normalized spacial score (nSPS) is 10.8. The fourth-order valence-corrected chi connectivity index (χ4v) is 3.98. The van der Waals surface area contributed by atoms with Crippen LogP contribution in [0.1, 0.15) is 50.6 Å². The summed E-state index contributed by atoms with van der Waals surface area (Å²) in [6.45, 7) is 8.58. The van der Waals surface area contributed by atoms with Crippen LogP contribution in [0.15, 0.2) is 30.3 Å². The first kappa shape index (κ1) is 22.4. The van der Waals surface area contributed by atoms with Gasteiger partial charge in [-0.2, -0.15) is 0 Å². The van der Waals surface area contributed by atoms with Crippen molar-refractivity contribution in [1.29, 1.82) is 0 Å². The summed E-state index contributed by atoms with van der Waals surface area (Å²) in [7, 11) is 1.27. The van der Waals surface area contributed by atoms with E-state index in [0.717, 1.165) is 22.5 Å². The van der Waals surface area contributed by atoms with Crippen molar-refractivity contribution in [3.05, 3.63) is 57.5 Å². The number of nitrogens with one attached hydrogen (secondary N) is 1. The molecule has 0 atom stereocenters. The van der Waals surface area contributed by atoms with Gasteiger partial charge in [-0.25, -0.2) is 4.79 Å². The third kappa shape index (κ3) is 5.32. The van der Waals surface area contributed by atoms with Crippen LogP contribution in [0.25, 0.3) is 6.08 Å². The van der Waals surface area contributed by atoms with E-state index in [1.165, 1.54) is 13.2 Å². The van der Waals surface area contributed by atoms with Crippen molar-refractivity contribution >= 4 is 40.2 Å². The van der Waals surface area contributed by atoms with E-state index in [-0.39, 0.29) is 17.4 Å². The SMILES string of the molecule is CCN(CC)C(=O)c1sc(NC(=O)/C=C/c2ccc(C)cc2)c(C(=O)OC)c1C. The standard InChI is InChI=1S/C22H26N2O4S/c1-6-24(7-2)21(26)19-15(4)18(22(27)28-5)20(29-19)23-17(25)13-12-16-10-8-14(3)9-11-16/h8-13H,6-7H2,1-5H3,(H,23,25)/b13-12+. The van der Waals surface area contributed by atoms with Gasteiger partial charge in [-0.3, -0.25) is 9.59 Å². The van der Waals surface area contributed by atoms with Crippen molar-refractivity contribution < 1.29 is 19.1 Å². The fraction of sp³-hybridized carbons (Fsp3) is 0.318. The topological polar surface area (TPSA) is 75.7 Å². The van der Waals surface area contributed by atoms with Crippen molar-refractivity contribution in [2.45, 2.75) is 27.7 Å². The van der Waals surface area contributed by atoms with Crippen LogP contribution in [0, 0.1) is 13.8 Å². The minimum absolute atomic E-state index is 0.168. The molecule has 2 aromatic rings. The molecule has 1 aromatic carbocycles. The molecule has 0 aliphatic rings. The molecular formula is C22H26N2O4S. The van der Waals surface area contributed by atoms with Gasteiger partial charge < -0.3 is 15.0 Å². The molecule has 0 aliphatic carbocycles. The third-order valence-corrected chi connectivity index (χ3v) is 5.72. The number of thiophene rings is 1. The molecule has 29 heavy (non-hydrogen) atoms. The number of anilines is 1. The largest absolute Gasteiger partial charge is 0.465 e. The molecule has 0 saturated heterocycles. The summed E-state index contributed by atoms with van der Waals surface area (Å²) in [5.41, 5.74) is 2.74. The van der Waals surface area contributed by atoms with E-state index in [9.17, 15) is 14.4 Å². The summed E-state index contributed by atoms with van der Waals surface area (Å²) >= 11 is 1.09. The van der Waals surface area contributed by atoms with Gasteiger partial charge in [0.05, 0.1) is 17.6 Å². The average molecular weight is 415 g/mol. The van der Waals surface area contributed by atoms with Gasteiger partial charge in [0.15, 0.2) is 0 Å². The van der Waals surface area contributed by atoms with Crippen LogP contribution < -0.4 is 5.32 Å². The Morgan fingerprint density at radius 3 is 2.28 bits per heavy atom. The van der Waals surface area contributed by atoms with Gasteiger partial charge in [-0.1, -0.05) is 29.8 Å². The lowest BCUT2D eigenvalue weighted by Gasteiger charge is -2.17. The predicted molar refractivity (Wildman–Crippen MR) is 116 cm³/mol. The summed E-state index contributed by atoms with van der Waals surface area (Å²) in [5.74, 6) is -1.15. The van der Waals surface area contributed by atoms with Crippen LogP contribution in [-0.4, -0.2) is 42.9 Å². The van der Waals surface area contributed by atoms with Crippen molar-refractivity contribution in [2.75, 3.05) is 25.5 Å². The maximum Gasteiger partial charge on any atom is 0.341 e. The van der Waals surface area contributed by atoms with Gasteiger partial charge in [0.25, 0.3) is 5.91 Å². The zero-order valence-corrected chi connectivity index (χ0v) is 18.2. The summed E-state index contributed by atoms with van der Waals surface area (Å²) in [4.78, 5) is 39.6. The Balaban J connectivity index is 2.31. The molecule has 7 heteroatoms. The third-order valence-electron chi connectivity index (χ3n) is 4.52. The molecule has 0 saturated carbocycles. The molecular weight excluding hydrogens is 388 g/mol. The van der Waals surface area contributed by atoms with Crippen LogP contribution in [-0.2, 0) is 9.53 Å². The Bertz CT molecular complexity index is 925. The van der Waals surface area contributed by atoms with E-state index < -0.39 is 5.97 Å². The number of ether oxygens (including phenoxy) is 1. The van der Waals surface area contributed by atoms with Crippen LogP contribution >= 0.6 is 11.3 Å². The van der Waals surface area contributed by atoms with Crippen LogP contribution in [0.2, 0.25) is 0 Å². The lowest BCUT2D eigenvalue weighted by atomic mass is 10.1. The lowest BCUT2D eigenvalue weighted by molar-refractivity contribution is -0.111. The number of carbonyl (C=O) groups excluding carboxylic acids is 3. The van der Waals surface area contributed by atoms with Gasteiger partial charge >= 0.3 is 5.97 Å². The summed E-state index contributed by atoms with van der Waals surface area (Å²) in [6.07, 6.45) is 3.09. The van der Waals surface area contributed by atoms with E-state index in [1.807, 2.05) is 45.0 Å². The summed E-state index contributed by atoms with van der Waals surface area (Å²) in [5, 5.41) is 3.03. The molecule has 2 rings (SSSR count). The number of esters is 1. The van der Waals surface area contributed by atoms with E-state index in [1.54, 1.807) is 17.9 Å². The Hall–Kier alpha value is -2.93. The molecule has 0 fully saturated rings. The number of rotatable bonds is 7. The van der Waals surface area contributed by atoms with Crippen LogP contribution in [0.3, 0.4) is 0 Å². The highest BCUT2D eigenvalue weighted by Gasteiger charge is 2.27. The van der Waals surface area contributed by atoms with Crippen molar-refractivity contribution in [3.63, 3.8) is 0 Å². The predicted octanol–water partition coefficient (Wildman–Crippen LogP) is 4.29. The van der Waals surface area contributed by atoms with Gasteiger partial charge in [0.2, 0.25) is 5.91 Å². The molecule has 1 aromatic heterocycles. The molecule has 0 unspecified atom stereocenters. The summed E-state index contributed by atoms with van der Waals surface area (Å²) < 4.78 is 4.86. The molecule has 0 aliphatic heterocycles. The highest BCUT2D eigenvalue weighted by Crippen LogP contribution is 2.34. The van der Waals surface area contributed by atoms with E-state index >= 15 is 0 Å². The Morgan fingerprint density at radius 1 is 1.10 bits per heavy atom. The maximum absolute atomic E-state index is 12.8. The molecule has 0 spiro atoms. The van der Waals surface area contributed by atoms with Crippen molar-refractivity contribution in [1.82, 2.24) is 4.90 Å². The van der Waals surface area contributed by atoms with Gasteiger partial charge in [0, 0.05) is 19.2 Å². The molecule has 1 N–H and O–H groups in total. The maximum atomic E-state index is 12.8. The molecule has 6 nitrogen and oxygen atoms in total. The quantitative estimate of drug-likeness (QED) is 0.542. The second-order valence-corrected chi connectivity index (χ2v) is 7.48. The zero-order valence-electron chi connectivity index (χ0n) is 17.4. The number of amides is 2. The van der Waals surface area contributed by atoms with Crippen molar-refractivity contribution in [3.8, 4) is 0 Å². The number of nitrogens with zero attached hydrogens (tertiary/aromatic N) is 1. The fourth-order valence-electron chi connectivity index (χ4n) is 2.81. The first-order valence-electron chi connectivity index (χ1n) is 9.39. The van der Waals surface area contributed by atoms with Crippen LogP contribution in [0.5, 0.6) is 0 Å². The number of carbonyl (C=O) groups is 3. The monoisotopic (exact) mass is 414 g/mol. The second kappa shape index (κ2) is 10.0. The van der Waals surface area contributed by atoms with E-state index in [2.05, 4.69) is 5.32 Å². The second-order valence-electron chi connectivity index (χ2n) is 6.46. The van der Waals surface area contributed by atoms with Gasteiger partial charge in [0.1, 0.15) is 5.00 Å². The first-order valence-corrected chi connectivity index (χ1v) is 10.2. The Kier molecular flexibility index (Phi) is 7.73. The molecule has 154 valence electrons. The highest BCUT2D eigenvalue weighted by molar-refractivity contribution is 7.18. The number of benzene rings is 1. The molecule has 1 heterocycles. The smallest absolute Gasteiger partial charge is 0.341 e. The van der Waals surface area contributed by atoms with E-state index in [4.69, 9.17) is 4.74 Å². The van der Waals surface area contributed by atoms with Crippen LogP contribution in [0.4, 0.5) is 5.00 Å². The molecule has 2 amide bonds. The number of hydrogen-bond donors (Lipinski definition) is 1. The lowest BCUT2D eigenvalue weighted by Crippen LogP contribution is -2.30. The average Bonchev–Trinajstić information content (AvgIpc) is 3.03. The van der Waals surface area contributed by atoms with Crippen molar-refractivity contribution in [2.24, 2.45) is 0 Å². The van der Waals surface area contributed by atoms with Gasteiger partial charge in [-0.15, -0.1) is 11.3 Å².